The molecular weight excluding hydrogens is 335 g/mol. The van der Waals surface area contributed by atoms with Crippen LogP contribution in [0.25, 0.3) is 0 Å². The second-order valence-electron chi connectivity index (χ2n) is 6.40. The molecule has 0 aromatic heterocycles. The van der Waals surface area contributed by atoms with Crippen molar-refractivity contribution in [2.45, 2.75) is 24.7 Å². The molecule has 24 heavy (non-hydrogen) atoms. The monoisotopic (exact) mass is 352 g/mol. The smallest absolute Gasteiger partial charge is 0.0595 e. The quantitative estimate of drug-likeness (QED) is 0.463. The van der Waals surface area contributed by atoms with Crippen LogP contribution in [0.3, 0.4) is 0 Å². The molecule has 0 heterocycles. The van der Waals surface area contributed by atoms with E-state index in [-0.39, 0.29) is 0 Å². The Labute approximate surface area is 153 Å². The summed E-state index contributed by atoms with van der Waals surface area (Å²) < 4.78 is 0. The highest BCUT2D eigenvalue weighted by Gasteiger charge is 2.28. The van der Waals surface area contributed by atoms with Gasteiger partial charge in [0.25, 0.3) is 0 Å². The highest BCUT2D eigenvalue weighted by molar-refractivity contribution is 6.42. The minimum absolute atomic E-state index is 0.385. The molecule has 0 amide bonds. The first-order valence-electron chi connectivity index (χ1n) is 8.33. The number of hydrogen-bond acceptors (Lipinski definition) is 0. The largest absolute Gasteiger partial charge is 0.0827 e. The second-order valence-corrected chi connectivity index (χ2v) is 7.21. The highest BCUT2D eigenvalue weighted by Crippen LogP contribution is 2.45. The Morgan fingerprint density at radius 2 is 1.17 bits per heavy atom. The fourth-order valence-electron chi connectivity index (χ4n) is 3.90. The van der Waals surface area contributed by atoms with Crippen molar-refractivity contribution in [2.75, 3.05) is 0 Å². The molecule has 120 valence electrons. The van der Waals surface area contributed by atoms with Crippen molar-refractivity contribution in [3.63, 3.8) is 0 Å². The molecule has 0 radical (unpaired) electrons. The maximum atomic E-state index is 6.25. The summed E-state index contributed by atoms with van der Waals surface area (Å²) in [7, 11) is 0. The molecule has 0 aliphatic heterocycles. The zero-order valence-corrected chi connectivity index (χ0v) is 14.8. The molecule has 0 saturated carbocycles. The fraction of sp³-hybridized carbons (Fsp3) is 0.182. The molecule has 0 nitrogen and oxygen atoms in total. The summed E-state index contributed by atoms with van der Waals surface area (Å²) >= 11 is 12.3. The van der Waals surface area contributed by atoms with Crippen LogP contribution >= 0.6 is 23.2 Å². The van der Waals surface area contributed by atoms with Crippen LogP contribution in [0.2, 0.25) is 10.0 Å². The Hall–Kier alpha value is -1.76. The molecule has 2 atom stereocenters. The average molecular weight is 353 g/mol. The first-order valence-corrected chi connectivity index (χ1v) is 9.08. The van der Waals surface area contributed by atoms with Crippen molar-refractivity contribution >= 4 is 23.2 Å². The summed E-state index contributed by atoms with van der Waals surface area (Å²) in [5, 5.41) is 1.25. The van der Waals surface area contributed by atoms with E-state index in [1.807, 2.05) is 12.1 Å². The number of rotatable bonds is 2. The lowest BCUT2D eigenvalue weighted by atomic mass is 9.72. The second kappa shape index (κ2) is 6.63. The van der Waals surface area contributed by atoms with Crippen molar-refractivity contribution in [2.24, 2.45) is 0 Å². The molecular formula is C22H18Cl2. The van der Waals surface area contributed by atoms with Gasteiger partial charge in [0.05, 0.1) is 10.0 Å². The number of benzene rings is 3. The van der Waals surface area contributed by atoms with Gasteiger partial charge in [-0.1, -0.05) is 83.9 Å². The van der Waals surface area contributed by atoms with E-state index in [4.69, 9.17) is 23.2 Å². The van der Waals surface area contributed by atoms with E-state index >= 15 is 0 Å². The lowest BCUT2D eigenvalue weighted by Gasteiger charge is -2.32. The van der Waals surface area contributed by atoms with Crippen molar-refractivity contribution in [1.29, 1.82) is 0 Å². The number of hydrogen-bond donors (Lipinski definition) is 0. The van der Waals surface area contributed by atoms with Gasteiger partial charge in [0.2, 0.25) is 0 Å². The summed E-state index contributed by atoms with van der Waals surface area (Å²) in [6.07, 6.45) is 2.26. The van der Waals surface area contributed by atoms with Gasteiger partial charge in [-0.15, -0.1) is 0 Å². The Kier molecular flexibility index (Phi) is 4.35. The third kappa shape index (κ3) is 2.85. The van der Waals surface area contributed by atoms with Gasteiger partial charge in [-0.05, 0) is 47.2 Å². The van der Waals surface area contributed by atoms with Crippen LogP contribution < -0.4 is 0 Å². The molecule has 1 aliphatic rings. The van der Waals surface area contributed by atoms with Crippen LogP contribution in [0, 0.1) is 0 Å². The van der Waals surface area contributed by atoms with Crippen LogP contribution in [0.1, 0.15) is 46.9 Å². The first-order chi connectivity index (χ1) is 11.7. The van der Waals surface area contributed by atoms with Gasteiger partial charge in [0.15, 0.2) is 0 Å². The minimum Gasteiger partial charge on any atom is -0.0827 e. The molecule has 2 heteroatoms. The van der Waals surface area contributed by atoms with Gasteiger partial charge in [0.1, 0.15) is 0 Å². The van der Waals surface area contributed by atoms with Crippen molar-refractivity contribution in [3.05, 3.63) is 105 Å². The predicted octanol–water partition coefficient (Wildman–Crippen LogP) is 7.05. The molecule has 1 aliphatic carbocycles. The maximum Gasteiger partial charge on any atom is 0.0595 e. The summed E-state index contributed by atoms with van der Waals surface area (Å²) in [5.74, 6) is 0.859. The SMILES string of the molecule is Clc1ccc([C@@H]2CC[C@H](c3ccccc3)c3ccccc32)cc1Cl. The first kappa shape index (κ1) is 15.7. The number of fused-ring (bicyclic) bond motifs is 1. The standard InChI is InChI=1S/C22H18Cl2/c23-21-13-10-16(14-22(21)24)18-12-11-17(15-6-2-1-3-7-15)19-8-4-5-9-20(18)19/h1-10,13-14,17-18H,11-12H2/t17-,18+/m1/s1. The van der Waals surface area contributed by atoms with Gasteiger partial charge >= 0.3 is 0 Å². The van der Waals surface area contributed by atoms with Crippen LogP contribution in [-0.4, -0.2) is 0 Å². The van der Waals surface area contributed by atoms with E-state index in [0.29, 0.717) is 21.9 Å². The minimum atomic E-state index is 0.385. The fourth-order valence-corrected chi connectivity index (χ4v) is 4.20. The summed E-state index contributed by atoms with van der Waals surface area (Å²) in [6.45, 7) is 0. The summed E-state index contributed by atoms with van der Waals surface area (Å²) in [5.41, 5.74) is 5.50. The molecule has 0 unspecified atom stereocenters. The van der Waals surface area contributed by atoms with Gasteiger partial charge in [-0.2, -0.15) is 0 Å². The van der Waals surface area contributed by atoms with Gasteiger partial charge in [-0.25, -0.2) is 0 Å². The normalized spacial score (nSPS) is 19.8. The Morgan fingerprint density at radius 3 is 1.79 bits per heavy atom. The molecule has 0 spiro atoms. The molecule has 4 rings (SSSR count). The molecule has 0 N–H and O–H groups in total. The third-order valence-corrected chi connectivity index (χ3v) is 5.78. The summed E-state index contributed by atoms with van der Waals surface area (Å²) in [4.78, 5) is 0. The molecule has 0 bridgehead atoms. The van der Waals surface area contributed by atoms with E-state index in [1.165, 1.54) is 22.3 Å². The van der Waals surface area contributed by atoms with E-state index in [2.05, 4.69) is 60.7 Å². The molecule has 3 aromatic rings. The van der Waals surface area contributed by atoms with Gasteiger partial charge < -0.3 is 0 Å². The van der Waals surface area contributed by atoms with E-state index in [9.17, 15) is 0 Å². The van der Waals surface area contributed by atoms with E-state index in [0.717, 1.165) is 12.8 Å². The Balaban J connectivity index is 1.78. The van der Waals surface area contributed by atoms with Crippen molar-refractivity contribution in [1.82, 2.24) is 0 Å². The Bertz CT molecular complexity index is 855. The van der Waals surface area contributed by atoms with Crippen LogP contribution in [-0.2, 0) is 0 Å². The van der Waals surface area contributed by atoms with Crippen molar-refractivity contribution in [3.8, 4) is 0 Å². The topological polar surface area (TPSA) is 0 Å². The van der Waals surface area contributed by atoms with Gasteiger partial charge in [0, 0.05) is 11.8 Å². The number of halogens is 2. The van der Waals surface area contributed by atoms with E-state index in [1.54, 1.807) is 0 Å². The molecule has 0 saturated heterocycles. The van der Waals surface area contributed by atoms with Crippen LogP contribution in [0.4, 0.5) is 0 Å². The van der Waals surface area contributed by atoms with Crippen LogP contribution in [0.5, 0.6) is 0 Å². The lowest BCUT2D eigenvalue weighted by molar-refractivity contribution is 0.565. The predicted molar refractivity (Wildman–Crippen MR) is 102 cm³/mol. The zero-order valence-electron chi connectivity index (χ0n) is 13.3. The average Bonchev–Trinajstić information content (AvgIpc) is 2.64. The van der Waals surface area contributed by atoms with Gasteiger partial charge in [-0.3, -0.25) is 0 Å². The third-order valence-electron chi connectivity index (χ3n) is 5.04. The van der Waals surface area contributed by atoms with Crippen molar-refractivity contribution < 1.29 is 0 Å². The summed E-state index contributed by atoms with van der Waals surface area (Å²) in [6, 6.07) is 25.7. The van der Waals surface area contributed by atoms with E-state index < -0.39 is 0 Å². The Morgan fingerprint density at radius 1 is 0.583 bits per heavy atom. The van der Waals surface area contributed by atoms with Crippen LogP contribution in [0.15, 0.2) is 72.8 Å². The molecule has 3 aromatic carbocycles. The zero-order chi connectivity index (χ0) is 16.5. The lowest BCUT2D eigenvalue weighted by Crippen LogP contribution is -2.16. The maximum absolute atomic E-state index is 6.25. The highest BCUT2D eigenvalue weighted by atomic mass is 35.5. The molecule has 0 fully saturated rings.